The van der Waals surface area contributed by atoms with Gasteiger partial charge in [0.15, 0.2) is 16.7 Å². The Labute approximate surface area is 188 Å². The summed E-state index contributed by atoms with van der Waals surface area (Å²) in [5.41, 5.74) is 2.10. The molecule has 162 valence electrons. The fourth-order valence-electron chi connectivity index (χ4n) is 3.24. The predicted octanol–water partition coefficient (Wildman–Crippen LogP) is 4.81. The molecule has 0 aromatic heterocycles. The van der Waals surface area contributed by atoms with Gasteiger partial charge in [0.1, 0.15) is 23.9 Å². The smallest absolute Gasteiger partial charge is 0.281 e. The molecule has 8 heteroatoms. The quantitative estimate of drug-likeness (QED) is 0.430. The van der Waals surface area contributed by atoms with Gasteiger partial charge < -0.3 is 14.8 Å². The topological polar surface area (TPSA) is 50.8 Å². The molecule has 1 saturated heterocycles. The summed E-state index contributed by atoms with van der Waals surface area (Å²) >= 11 is 5.28. The number of hydrogen-bond acceptors (Lipinski definition) is 4. The van der Waals surface area contributed by atoms with Gasteiger partial charge in [-0.2, -0.15) is 0 Å². The highest BCUT2D eigenvalue weighted by Gasteiger charge is 2.32. The number of hydrogen-bond donors (Lipinski definition) is 1. The molecule has 3 aromatic rings. The number of para-hydroxylation sites is 1. The van der Waals surface area contributed by atoms with E-state index >= 15 is 0 Å². The molecule has 1 N–H and O–H groups in total. The maximum absolute atomic E-state index is 13.9. The molecule has 5 nitrogen and oxygen atoms in total. The standard InChI is InChI=1S/C24H18F2N2O3S/c1-30-21-11-6-15(12-16(21)14-31-22-5-3-2-4-19(22)26)13-20-23(29)28(24(32)27-20)18-9-7-17(25)8-10-18/h2-13H,14H2,1H3,(H,27,32)/b20-13+. The van der Waals surface area contributed by atoms with E-state index in [1.807, 2.05) is 0 Å². The molecular formula is C24H18F2N2O3S. The van der Waals surface area contributed by atoms with Crippen LogP contribution in [-0.2, 0) is 11.4 Å². The first-order chi connectivity index (χ1) is 15.5. The Morgan fingerprint density at radius 1 is 1.03 bits per heavy atom. The van der Waals surface area contributed by atoms with E-state index in [9.17, 15) is 13.6 Å². The van der Waals surface area contributed by atoms with E-state index in [-0.39, 0.29) is 29.1 Å². The van der Waals surface area contributed by atoms with Crippen molar-refractivity contribution in [2.24, 2.45) is 0 Å². The van der Waals surface area contributed by atoms with Crippen molar-refractivity contribution in [1.82, 2.24) is 5.32 Å². The van der Waals surface area contributed by atoms with Gasteiger partial charge in [0.05, 0.1) is 12.8 Å². The lowest BCUT2D eigenvalue weighted by atomic mass is 10.1. The predicted molar refractivity (Wildman–Crippen MR) is 121 cm³/mol. The van der Waals surface area contributed by atoms with Crippen molar-refractivity contribution in [3.05, 3.63) is 95.2 Å². The number of benzene rings is 3. The van der Waals surface area contributed by atoms with Crippen LogP contribution in [0.1, 0.15) is 11.1 Å². The molecule has 1 aliphatic rings. The normalized spacial score (nSPS) is 14.6. The minimum atomic E-state index is -0.458. The SMILES string of the molecule is COc1ccc(/C=C2/NC(=S)N(c3ccc(F)cc3)C2=O)cc1COc1ccccc1F. The second kappa shape index (κ2) is 9.15. The number of carbonyl (C=O) groups excluding carboxylic acids is 1. The average Bonchev–Trinajstić information content (AvgIpc) is 3.07. The molecule has 0 radical (unpaired) electrons. The molecule has 0 atom stereocenters. The third kappa shape index (κ3) is 4.45. The van der Waals surface area contributed by atoms with E-state index in [0.717, 1.165) is 0 Å². The second-order valence-corrected chi connectivity index (χ2v) is 7.28. The van der Waals surface area contributed by atoms with Crippen molar-refractivity contribution in [1.29, 1.82) is 0 Å². The van der Waals surface area contributed by atoms with Crippen molar-refractivity contribution >= 4 is 35.0 Å². The van der Waals surface area contributed by atoms with Gasteiger partial charge in [-0.3, -0.25) is 9.69 Å². The second-order valence-electron chi connectivity index (χ2n) is 6.90. The molecule has 0 bridgehead atoms. The van der Waals surface area contributed by atoms with Crippen LogP contribution in [0.2, 0.25) is 0 Å². The van der Waals surface area contributed by atoms with Gasteiger partial charge in [0.25, 0.3) is 5.91 Å². The van der Waals surface area contributed by atoms with Crippen molar-refractivity contribution in [3.63, 3.8) is 0 Å². The van der Waals surface area contributed by atoms with Crippen molar-refractivity contribution in [2.75, 3.05) is 12.0 Å². The van der Waals surface area contributed by atoms with E-state index in [2.05, 4.69) is 5.32 Å². The van der Waals surface area contributed by atoms with Crippen LogP contribution >= 0.6 is 12.2 Å². The highest BCUT2D eigenvalue weighted by molar-refractivity contribution is 7.80. The lowest BCUT2D eigenvalue weighted by Gasteiger charge is -2.13. The monoisotopic (exact) mass is 452 g/mol. The van der Waals surface area contributed by atoms with E-state index < -0.39 is 11.6 Å². The first kappa shape index (κ1) is 21.5. The summed E-state index contributed by atoms with van der Waals surface area (Å²) in [7, 11) is 1.53. The Hall–Kier alpha value is -3.78. The summed E-state index contributed by atoms with van der Waals surface area (Å²) in [6.07, 6.45) is 1.64. The number of ether oxygens (including phenoxy) is 2. The number of rotatable bonds is 6. The zero-order valence-electron chi connectivity index (χ0n) is 17.0. The van der Waals surface area contributed by atoms with Crippen LogP contribution in [0.25, 0.3) is 6.08 Å². The van der Waals surface area contributed by atoms with E-state index in [4.69, 9.17) is 21.7 Å². The van der Waals surface area contributed by atoms with Crippen LogP contribution in [0.15, 0.2) is 72.4 Å². The number of amides is 1. The van der Waals surface area contributed by atoms with Gasteiger partial charge in [-0.25, -0.2) is 8.78 Å². The minimum Gasteiger partial charge on any atom is -0.496 e. The number of nitrogens with zero attached hydrogens (tertiary/aromatic N) is 1. The molecule has 3 aromatic carbocycles. The van der Waals surface area contributed by atoms with Crippen LogP contribution in [0.3, 0.4) is 0 Å². The first-order valence-electron chi connectivity index (χ1n) is 9.63. The van der Waals surface area contributed by atoms with Crippen molar-refractivity contribution in [2.45, 2.75) is 6.61 Å². The Morgan fingerprint density at radius 2 is 1.78 bits per heavy atom. The molecule has 0 aliphatic carbocycles. The molecule has 1 fully saturated rings. The molecule has 32 heavy (non-hydrogen) atoms. The molecular weight excluding hydrogens is 434 g/mol. The summed E-state index contributed by atoms with van der Waals surface area (Å²) in [6, 6.07) is 16.9. The molecule has 0 spiro atoms. The number of nitrogens with one attached hydrogen (secondary N) is 1. The molecule has 0 unspecified atom stereocenters. The summed E-state index contributed by atoms with van der Waals surface area (Å²) in [5.74, 6) is -0.524. The third-order valence-electron chi connectivity index (χ3n) is 4.80. The zero-order valence-corrected chi connectivity index (χ0v) is 17.8. The molecule has 1 heterocycles. The van der Waals surface area contributed by atoms with Crippen LogP contribution < -0.4 is 19.7 Å². The number of thiocarbonyl (C=S) groups is 1. The van der Waals surface area contributed by atoms with Gasteiger partial charge in [-0.15, -0.1) is 0 Å². The fourth-order valence-corrected chi connectivity index (χ4v) is 3.54. The Morgan fingerprint density at radius 3 is 2.50 bits per heavy atom. The van der Waals surface area contributed by atoms with Crippen LogP contribution in [0.4, 0.5) is 14.5 Å². The Balaban J connectivity index is 1.57. The van der Waals surface area contributed by atoms with E-state index in [1.54, 1.807) is 42.5 Å². The minimum absolute atomic E-state index is 0.0720. The average molecular weight is 452 g/mol. The fraction of sp³-hybridized carbons (Fsp3) is 0.0833. The van der Waals surface area contributed by atoms with Crippen LogP contribution in [-0.4, -0.2) is 18.1 Å². The summed E-state index contributed by atoms with van der Waals surface area (Å²) in [5, 5.41) is 3.09. The van der Waals surface area contributed by atoms with Gasteiger partial charge in [0, 0.05) is 5.56 Å². The van der Waals surface area contributed by atoms with Gasteiger partial charge in [-0.1, -0.05) is 18.2 Å². The lowest BCUT2D eigenvalue weighted by molar-refractivity contribution is -0.113. The Kier molecular flexibility index (Phi) is 6.13. The maximum atomic E-state index is 13.9. The van der Waals surface area contributed by atoms with Gasteiger partial charge in [0.2, 0.25) is 0 Å². The summed E-state index contributed by atoms with van der Waals surface area (Å²) in [4.78, 5) is 14.2. The van der Waals surface area contributed by atoms with E-state index in [1.165, 1.54) is 42.3 Å². The number of methoxy groups -OCH3 is 1. The third-order valence-corrected chi connectivity index (χ3v) is 5.08. The molecule has 1 aliphatic heterocycles. The first-order valence-corrected chi connectivity index (χ1v) is 10.0. The summed E-state index contributed by atoms with van der Waals surface area (Å²) in [6.45, 7) is 0.0720. The largest absolute Gasteiger partial charge is 0.496 e. The summed E-state index contributed by atoms with van der Waals surface area (Å²) < 4.78 is 38.0. The van der Waals surface area contributed by atoms with Crippen LogP contribution in [0, 0.1) is 11.6 Å². The van der Waals surface area contributed by atoms with Gasteiger partial charge >= 0.3 is 0 Å². The van der Waals surface area contributed by atoms with Crippen molar-refractivity contribution in [3.8, 4) is 11.5 Å². The van der Waals surface area contributed by atoms with E-state index in [0.29, 0.717) is 22.6 Å². The maximum Gasteiger partial charge on any atom is 0.281 e. The molecule has 4 rings (SSSR count). The van der Waals surface area contributed by atoms with Crippen molar-refractivity contribution < 1.29 is 23.0 Å². The zero-order chi connectivity index (χ0) is 22.7. The molecule has 1 amide bonds. The Bertz CT molecular complexity index is 1210. The van der Waals surface area contributed by atoms with Crippen LogP contribution in [0.5, 0.6) is 11.5 Å². The highest BCUT2D eigenvalue weighted by atomic mass is 32.1. The number of carbonyl (C=O) groups is 1. The lowest BCUT2D eigenvalue weighted by Crippen LogP contribution is -2.30. The number of halogens is 2. The van der Waals surface area contributed by atoms with Gasteiger partial charge in [-0.05, 0) is 72.4 Å². The highest BCUT2D eigenvalue weighted by Crippen LogP contribution is 2.26. The number of anilines is 1. The molecule has 0 saturated carbocycles.